The second kappa shape index (κ2) is 6.43. The van der Waals surface area contributed by atoms with Crippen molar-refractivity contribution in [2.45, 2.75) is 11.4 Å². The van der Waals surface area contributed by atoms with Gasteiger partial charge in [0, 0.05) is 12.1 Å². The van der Waals surface area contributed by atoms with Crippen LogP contribution in [0, 0.1) is 0 Å². The zero-order chi connectivity index (χ0) is 17.2. The minimum Gasteiger partial charge on any atom is -0.348 e. The second-order valence-electron chi connectivity index (χ2n) is 5.40. The number of primary sulfonamides is 1. The number of nitrogens with two attached hydrogens (primary N) is 1. The molecule has 122 valence electrons. The molecule has 0 fully saturated rings. The smallest absolute Gasteiger partial charge is 0.252 e. The first kappa shape index (κ1) is 16.2. The van der Waals surface area contributed by atoms with E-state index in [1.807, 2.05) is 36.4 Å². The third kappa shape index (κ3) is 3.45. The van der Waals surface area contributed by atoms with Crippen LogP contribution in [0.2, 0.25) is 0 Å². The highest BCUT2D eigenvalue weighted by molar-refractivity contribution is 7.89. The Kier molecular flexibility index (Phi) is 4.33. The summed E-state index contributed by atoms with van der Waals surface area (Å²) >= 11 is 0. The van der Waals surface area contributed by atoms with E-state index >= 15 is 0 Å². The van der Waals surface area contributed by atoms with Crippen LogP contribution < -0.4 is 10.5 Å². The minimum absolute atomic E-state index is 0.0478. The lowest BCUT2D eigenvalue weighted by atomic mass is 10.0. The Labute approximate surface area is 140 Å². The molecule has 0 aliphatic carbocycles. The summed E-state index contributed by atoms with van der Waals surface area (Å²) in [4.78, 5) is 12.5. The highest BCUT2D eigenvalue weighted by Crippen LogP contribution is 2.18. The molecule has 0 unspecified atom stereocenters. The maximum Gasteiger partial charge on any atom is 0.252 e. The monoisotopic (exact) mass is 340 g/mol. The molecule has 0 radical (unpaired) electrons. The normalized spacial score (nSPS) is 11.4. The number of amides is 1. The SMILES string of the molecule is NS(=O)(=O)c1ccc(CNC(=O)c2cccc3ccccc23)cc1. The molecule has 0 atom stereocenters. The first-order chi connectivity index (χ1) is 11.4. The van der Waals surface area contributed by atoms with Gasteiger partial charge in [-0.25, -0.2) is 13.6 Å². The van der Waals surface area contributed by atoms with Gasteiger partial charge in [0.1, 0.15) is 0 Å². The van der Waals surface area contributed by atoms with Gasteiger partial charge in [0.05, 0.1) is 4.90 Å². The summed E-state index contributed by atoms with van der Waals surface area (Å²) in [6.07, 6.45) is 0. The van der Waals surface area contributed by atoms with Gasteiger partial charge >= 0.3 is 0 Å². The van der Waals surface area contributed by atoms with Crippen molar-refractivity contribution in [3.8, 4) is 0 Å². The molecule has 3 aromatic carbocycles. The van der Waals surface area contributed by atoms with Crippen LogP contribution in [0.5, 0.6) is 0 Å². The van der Waals surface area contributed by atoms with Crippen molar-refractivity contribution in [3.63, 3.8) is 0 Å². The van der Waals surface area contributed by atoms with Crippen LogP contribution in [0.3, 0.4) is 0 Å². The molecule has 3 rings (SSSR count). The maximum absolute atomic E-state index is 12.4. The molecule has 0 heterocycles. The molecule has 0 saturated carbocycles. The molecule has 0 saturated heterocycles. The Bertz CT molecular complexity index is 991. The summed E-state index contributed by atoms with van der Waals surface area (Å²) in [5, 5.41) is 9.80. The Morgan fingerprint density at radius 3 is 2.29 bits per heavy atom. The molecule has 0 aromatic heterocycles. The fraction of sp³-hybridized carbons (Fsp3) is 0.0556. The van der Waals surface area contributed by atoms with E-state index in [0.717, 1.165) is 16.3 Å². The zero-order valence-corrected chi connectivity index (χ0v) is 13.6. The Balaban J connectivity index is 1.76. The Hall–Kier alpha value is -2.70. The van der Waals surface area contributed by atoms with Crippen molar-refractivity contribution in [2.75, 3.05) is 0 Å². The fourth-order valence-electron chi connectivity index (χ4n) is 2.50. The molecular weight excluding hydrogens is 324 g/mol. The van der Waals surface area contributed by atoms with Crippen molar-refractivity contribution in [1.29, 1.82) is 0 Å². The lowest BCUT2D eigenvalue weighted by Gasteiger charge is -2.08. The molecule has 0 aliphatic rings. The maximum atomic E-state index is 12.4. The van der Waals surface area contributed by atoms with Crippen molar-refractivity contribution in [1.82, 2.24) is 5.32 Å². The first-order valence-electron chi connectivity index (χ1n) is 7.33. The van der Waals surface area contributed by atoms with Crippen LogP contribution in [0.25, 0.3) is 10.8 Å². The van der Waals surface area contributed by atoms with E-state index in [2.05, 4.69) is 5.32 Å². The number of sulfonamides is 1. The van der Waals surface area contributed by atoms with E-state index in [0.29, 0.717) is 12.1 Å². The molecule has 3 N–H and O–H groups in total. The standard InChI is InChI=1S/C18H16N2O3S/c19-24(22,23)15-10-8-13(9-11-15)12-20-18(21)17-7-3-5-14-4-1-2-6-16(14)17/h1-11H,12H2,(H,20,21)(H2,19,22,23). The van der Waals surface area contributed by atoms with Gasteiger partial charge in [-0.05, 0) is 34.5 Å². The molecule has 6 heteroatoms. The third-order valence-corrected chi connectivity index (χ3v) is 4.67. The van der Waals surface area contributed by atoms with Gasteiger partial charge < -0.3 is 5.32 Å². The van der Waals surface area contributed by atoms with Gasteiger partial charge in [-0.2, -0.15) is 0 Å². The number of fused-ring (bicyclic) bond motifs is 1. The largest absolute Gasteiger partial charge is 0.348 e. The quantitative estimate of drug-likeness (QED) is 0.764. The summed E-state index contributed by atoms with van der Waals surface area (Å²) < 4.78 is 22.5. The number of rotatable bonds is 4. The van der Waals surface area contributed by atoms with Gasteiger partial charge in [0.15, 0.2) is 0 Å². The van der Waals surface area contributed by atoms with Crippen molar-refractivity contribution in [3.05, 3.63) is 77.9 Å². The van der Waals surface area contributed by atoms with E-state index in [4.69, 9.17) is 5.14 Å². The molecular formula is C18H16N2O3S. The molecule has 5 nitrogen and oxygen atoms in total. The predicted octanol–water partition coefficient (Wildman–Crippen LogP) is 2.42. The van der Waals surface area contributed by atoms with Crippen molar-refractivity contribution >= 4 is 26.7 Å². The summed E-state index contributed by atoms with van der Waals surface area (Å²) in [6, 6.07) is 19.4. The van der Waals surface area contributed by atoms with E-state index in [-0.39, 0.29) is 10.8 Å². The summed E-state index contributed by atoms with van der Waals surface area (Å²) in [5.41, 5.74) is 1.39. The average molecular weight is 340 g/mol. The van der Waals surface area contributed by atoms with Crippen LogP contribution in [-0.4, -0.2) is 14.3 Å². The van der Waals surface area contributed by atoms with Crippen LogP contribution >= 0.6 is 0 Å². The fourth-order valence-corrected chi connectivity index (χ4v) is 3.01. The molecule has 24 heavy (non-hydrogen) atoms. The number of hydrogen-bond acceptors (Lipinski definition) is 3. The van der Waals surface area contributed by atoms with Crippen molar-refractivity contribution in [2.24, 2.45) is 5.14 Å². The van der Waals surface area contributed by atoms with Gasteiger partial charge in [-0.3, -0.25) is 4.79 Å². The second-order valence-corrected chi connectivity index (χ2v) is 6.96. The minimum atomic E-state index is -3.71. The van der Waals surface area contributed by atoms with Crippen molar-refractivity contribution < 1.29 is 13.2 Å². The van der Waals surface area contributed by atoms with Crippen LogP contribution in [0.1, 0.15) is 15.9 Å². The van der Waals surface area contributed by atoms with E-state index in [1.165, 1.54) is 12.1 Å². The average Bonchev–Trinajstić information content (AvgIpc) is 2.59. The predicted molar refractivity (Wildman–Crippen MR) is 92.9 cm³/mol. The molecule has 0 bridgehead atoms. The van der Waals surface area contributed by atoms with Crippen LogP contribution in [0.15, 0.2) is 71.6 Å². The van der Waals surface area contributed by atoms with Gasteiger partial charge in [0.25, 0.3) is 5.91 Å². The topological polar surface area (TPSA) is 89.3 Å². The number of benzene rings is 3. The zero-order valence-electron chi connectivity index (χ0n) is 12.8. The highest BCUT2D eigenvalue weighted by Gasteiger charge is 2.10. The Morgan fingerprint density at radius 2 is 1.58 bits per heavy atom. The van der Waals surface area contributed by atoms with Crippen LogP contribution in [-0.2, 0) is 16.6 Å². The summed E-state index contributed by atoms with van der Waals surface area (Å²) in [7, 11) is -3.71. The van der Waals surface area contributed by atoms with E-state index < -0.39 is 10.0 Å². The van der Waals surface area contributed by atoms with Gasteiger partial charge in [-0.1, -0.05) is 48.5 Å². The van der Waals surface area contributed by atoms with Crippen LogP contribution in [0.4, 0.5) is 0 Å². The van der Waals surface area contributed by atoms with E-state index in [1.54, 1.807) is 18.2 Å². The number of hydrogen-bond donors (Lipinski definition) is 2. The number of nitrogens with one attached hydrogen (secondary N) is 1. The summed E-state index contributed by atoms with van der Waals surface area (Å²) in [5.74, 6) is -0.178. The lowest BCUT2D eigenvalue weighted by Crippen LogP contribution is -2.23. The number of carbonyl (C=O) groups is 1. The van der Waals surface area contributed by atoms with Gasteiger partial charge in [0.2, 0.25) is 10.0 Å². The Morgan fingerprint density at radius 1 is 0.917 bits per heavy atom. The molecule has 0 spiro atoms. The van der Waals surface area contributed by atoms with E-state index in [9.17, 15) is 13.2 Å². The molecule has 1 amide bonds. The summed E-state index contributed by atoms with van der Waals surface area (Å²) in [6.45, 7) is 0.299. The molecule has 0 aliphatic heterocycles. The number of carbonyl (C=O) groups excluding carboxylic acids is 1. The highest BCUT2D eigenvalue weighted by atomic mass is 32.2. The first-order valence-corrected chi connectivity index (χ1v) is 8.87. The third-order valence-electron chi connectivity index (χ3n) is 3.74. The lowest BCUT2D eigenvalue weighted by molar-refractivity contribution is 0.0952. The van der Waals surface area contributed by atoms with Gasteiger partial charge in [-0.15, -0.1) is 0 Å². The molecule has 3 aromatic rings.